The molecule has 5 N–H and O–H groups in total. The number of carboxylic acid groups (broad SMARTS) is 1. The van der Waals surface area contributed by atoms with Gasteiger partial charge in [-0.05, 0) is 60.0 Å². The lowest BCUT2D eigenvalue weighted by molar-refractivity contribution is -0.344. The van der Waals surface area contributed by atoms with E-state index in [0.29, 0.717) is 6.42 Å². The standard InChI is InChI=1S/C38H63NO15/c1-10-28(43)52-26-18-29(44)49-21(3)14-12-11-13-15-25(40)20(2)16-24(17-27(41)42)34(35(26)48-9)54-37-32(45)31(39(7)8)33(22(4)51-37)53-30-19-38(6,47)36(46)23(5)50-30/h11-13,15,20-26,30-37,40,45-47H,10,14,16-19H2,1-9H3,(H,41,42)/b12-11+,15-13+/t20-,21-,22-,23+,24-,25+,26-,30+,31-,32-,33-,34+,35?,36+,37+,38-/m1/s1. The molecule has 16 nitrogen and oxygen atoms in total. The summed E-state index contributed by atoms with van der Waals surface area (Å²) < 4.78 is 42.4. The average molecular weight is 774 g/mol. The lowest BCUT2D eigenvalue weighted by Gasteiger charge is -2.50. The van der Waals surface area contributed by atoms with E-state index in [1.54, 1.807) is 77.9 Å². The van der Waals surface area contributed by atoms with Gasteiger partial charge in [-0.3, -0.25) is 14.4 Å². The summed E-state index contributed by atoms with van der Waals surface area (Å²) in [6.07, 6.45) is -6.55. The number of carboxylic acids is 1. The Morgan fingerprint density at radius 3 is 2.28 bits per heavy atom. The highest BCUT2D eigenvalue weighted by Crippen LogP contribution is 2.37. The molecule has 310 valence electrons. The van der Waals surface area contributed by atoms with Crippen molar-refractivity contribution in [1.82, 2.24) is 4.90 Å². The summed E-state index contributed by atoms with van der Waals surface area (Å²) in [6.45, 7) is 9.85. The van der Waals surface area contributed by atoms with Gasteiger partial charge in [-0.25, -0.2) is 0 Å². The summed E-state index contributed by atoms with van der Waals surface area (Å²) in [7, 11) is 4.76. The van der Waals surface area contributed by atoms with Crippen molar-refractivity contribution in [3.8, 4) is 0 Å². The van der Waals surface area contributed by atoms with E-state index in [0.717, 1.165) is 0 Å². The fourth-order valence-corrected chi connectivity index (χ4v) is 7.45. The minimum atomic E-state index is -1.50. The number of carbonyl (C=O) groups excluding carboxylic acids is 2. The van der Waals surface area contributed by atoms with Crippen molar-refractivity contribution in [3.05, 3.63) is 24.3 Å². The molecular weight excluding hydrogens is 710 g/mol. The molecule has 3 aliphatic heterocycles. The van der Waals surface area contributed by atoms with Crippen LogP contribution in [0.15, 0.2) is 24.3 Å². The van der Waals surface area contributed by atoms with Gasteiger partial charge in [-0.1, -0.05) is 38.2 Å². The van der Waals surface area contributed by atoms with Crippen LogP contribution in [0.2, 0.25) is 0 Å². The largest absolute Gasteiger partial charge is 0.481 e. The zero-order valence-electron chi connectivity index (χ0n) is 33.0. The molecule has 3 aliphatic rings. The Hall–Kier alpha value is -2.51. The third-order valence-corrected chi connectivity index (χ3v) is 10.4. The van der Waals surface area contributed by atoms with Gasteiger partial charge >= 0.3 is 17.9 Å². The van der Waals surface area contributed by atoms with Crippen molar-refractivity contribution in [2.45, 2.75) is 165 Å². The Morgan fingerprint density at radius 1 is 1.00 bits per heavy atom. The Labute approximate surface area is 318 Å². The molecule has 54 heavy (non-hydrogen) atoms. The maximum atomic E-state index is 13.3. The molecule has 0 aromatic heterocycles. The van der Waals surface area contributed by atoms with E-state index in [-0.39, 0.29) is 19.3 Å². The van der Waals surface area contributed by atoms with Gasteiger partial charge in [-0.15, -0.1) is 0 Å². The molecule has 0 amide bonds. The van der Waals surface area contributed by atoms with E-state index < -0.39 is 128 Å². The number of cyclic esters (lactones) is 1. The van der Waals surface area contributed by atoms with E-state index in [1.807, 2.05) is 0 Å². The van der Waals surface area contributed by atoms with Gasteiger partial charge in [-0.2, -0.15) is 0 Å². The van der Waals surface area contributed by atoms with Crippen LogP contribution in [-0.4, -0.2) is 155 Å². The Balaban J connectivity index is 2.07. The predicted octanol–water partition coefficient (Wildman–Crippen LogP) is 1.69. The number of carbonyl (C=O) groups is 3. The lowest BCUT2D eigenvalue weighted by Crippen LogP contribution is -2.65. The third-order valence-electron chi connectivity index (χ3n) is 10.4. The molecule has 2 fully saturated rings. The summed E-state index contributed by atoms with van der Waals surface area (Å²) in [5, 5.41) is 54.4. The zero-order chi connectivity index (χ0) is 40.5. The van der Waals surface area contributed by atoms with Crippen LogP contribution in [0.3, 0.4) is 0 Å². The van der Waals surface area contributed by atoms with Crippen molar-refractivity contribution in [2.75, 3.05) is 21.2 Å². The van der Waals surface area contributed by atoms with Crippen LogP contribution in [-0.2, 0) is 47.5 Å². The second-order valence-corrected chi connectivity index (χ2v) is 15.3. The SMILES string of the molecule is CCC(=O)O[C@@H]1CC(=O)O[C@H](C)C/C=C/C=C/[C@H](O)[C@H](C)C[C@H](CC(=O)O)[C@H](O[C@@H]2O[C@H](C)[C@@H](O[C@H]3C[C@@](C)(O)[C@@H](O)[C@H](C)O3)[C@H](N(C)C)[C@H]2O)C1OC. The number of aliphatic hydroxyl groups excluding tert-OH is 3. The molecule has 16 atom stereocenters. The third kappa shape index (κ3) is 12.5. The molecule has 16 heteroatoms. The second kappa shape index (κ2) is 20.6. The molecule has 3 rings (SSSR count). The van der Waals surface area contributed by atoms with Gasteiger partial charge in [0, 0.05) is 26.4 Å². The number of aliphatic carboxylic acids is 1. The van der Waals surface area contributed by atoms with Gasteiger partial charge in [0.15, 0.2) is 12.6 Å². The van der Waals surface area contributed by atoms with Crippen molar-refractivity contribution in [3.63, 3.8) is 0 Å². The normalized spacial score (nSPS) is 42.9. The van der Waals surface area contributed by atoms with Crippen LogP contribution < -0.4 is 0 Å². The molecule has 2 saturated heterocycles. The second-order valence-electron chi connectivity index (χ2n) is 15.3. The van der Waals surface area contributed by atoms with E-state index >= 15 is 0 Å². The Bertz CT molecular complexity index is 1280. The first-order valence-electron chi connectivity index (χ1n) is 18.8. The van der Waals surface area contributed by atoms with E-state index in [2.05, 4.69) is 0 Å². The fourth-order valence-electron chi connectivity index (χ4n) is 7.45. The van der Waals surface area contributed by atoms with Gasteiger partial charge in [0.05, 0.1) is 48.9 Å². The van der Waals surface area contributed by atoms with Gasteiger partial charge in [0.1, 0.15) is 36.6 Å². The van der Waals surface area contributed by atoms with Crippen molar-refractivity contribution in [2.24, 2.45) is 11.8 Å². The first-order chi connectivity index (χ1) is 25.3. The van der Waals surface area contributed by atoms with Crippen LogP contribution in [0.1, 0.15) is 80.1 Å². The van der Waals surface area contributed by atoms with E-state index in [4.69, 9.17) is 33.2 Å². The number of hydrogen-bond donors (Lipinski definition) is 5. The van der Waals surface area contributed by atoms with E-state index in [9.17, 15) is 39.9 Å². The molecule has 0 aromatic carbocycles. The van der Waals surface area contributed by atoms with Crippen LogP contribution in [0.25, 0.3) is 0 Å². The molecule has 0 bridgehead atoms. The van der Waals surface area contributed by atoms with Crippen molar-refractivity contribution < 1.29 is 73.1 Å². The summed E-state index contributed by atoms with van der Waals surface area (Å²) in [6, 6.07) is -0.802. The molecule has 0 saturated carbocycles. The first-order valence-corrected chi connectivity index (χ1v) is 18.8. The molecule has 0 aromatic rings. The Kier molecular flexibility index (Phi) is 17.5. The zero-order valence-corrected chi connectivity index (χ0v) is 33.0. The minimum Gasteiger partial charge on any atom is -0.481 e. The van der Waals surface area contributed by atoms with Crippen LogP contribution in [0, 0.1) is 11.8 Å². The van der Waals surface area contributed by atoms with Crippen molar-refractivity contribution >= 4 is 17.9 Å². The number of nitrogens with zero attached hydrogens (tertiary/aromatic N) is 1. The predicted molar refractivity (Wildman–Crippen MR) is 193 cm³/mol. The van der Waals surface area contributed by atoms with Crippen LogP contribution in [0.5, 0.6) is 0 Å². The molecule has 3 heterocycles. The number of methoxy groups -OCH3 is 1. The highest BCUT2D eigenvalue weighted by molar-refractivity contribution is 5.72. The Morgan fingerprint density at radius 2 is 1.69 bits per heavy atom. The smallest absolute Gasteiger partial charge is 0.309 e. The molecule has 1 unspecified atom stereocenters. The summed E-state index contributed by atoms with van der Waals surface area (Å²) in [5.74, 6) is -3.96. The average Bonchev–Trinajstić information content (AvgIpc) is 3.07. The maximum absolute atomic E-state index is 13.3. The molecule has 0 spiro atoms. The number of aliphatic hydroxyl groups is 4. The van der Waals surface area contributed by atoms with Crippen LogP contribution in [0.4, 0.5) is 0 Å². The minimum absolute atomic E-state index is 0.0332. The highest BCUT2D eigenvalue weighted by atomic mass is 16.7. The number of likely N-dealkylation sites (N-methyl/N-ethyl adjacent to an activating group) is 1. The summed E-state index contributed by atoms with van der Waals surface area (Å²) >= 11 is 0. The van der Waals surface area contributed by atoms with Gasteiger partial charge in [0.2, 0.25) is 0 Å². The number of allylic oxidation sites excluding steroid dienone is 2. The fraction of sp³-hybridized carbons (Fsp3) is 0.816. The first kappa shape index (κ1) is 45.9. The number of esters is 2. The lowest BCUT2D eigenvalue weighted by atomic mass is 9.82. The number of hydrogen-bond acceptors (Lipinski definition) is 15. The molecule has 0 radical (unpaired) electrons. The number of ether oxygens (including phenoxy) is 7. The van der Waals surface area contributed by atoms with Crippen molar-refractivity contribution in [1.29, 1.82) is 0 Å². The monoisotopic (exact) mass is 773 g/mol. The topological polar surface area (TPSA) is 220 Å². The summed E-state index contributed by atoms with van der Waals surface area (Å²) in [4.78, 5) is 40.2. The molecule has 0 aliphatic carbocycles. The van der Waals surface area contributed by atoms with Gasteiger partial charge in [0.25, 0.3) is 0 Å². The van der Waals surface area contributed by atoms with Crippen LogP contribution >= 0.6 is 0 Å². The summed E-state index contributed by atoms with van der Waals surface area (Å²) in [5.41, 5.74) is -1.50. The highest BCUT2D eigenvalue weighted by Gasteiger charge is 2.52. The quantitative estimate of drug-likeness (QED) is 0.200. The van der Waals surface area contributed by atoms with Gasteiger partial charge < -0.3 is 63.6 Å². The number of rotatable bonds is 10. The van der Waals surface area contributed by atoms with E-state index in [1.165, 1.54) is 14.0 Å². The maximum Gasteiger partial charge on any atom is 0.309 e. The molecular formula is C38H63NO15.